The molecular formula is C20H12N4. The lowest BCUT2D eigenvalue weighted by Crippen LogP contribution is -1.93. The van der Waals surface area contributed by atoms with Gasteiger partial charge in [-0.15, -0.1) is 0 Å². The number of aromatic nitrogens is 4. The van der Waals surface area contributed by atoms with E-state index in [1.807, 2.05) is 29.2 Å². The molecule has 0 aliphatic carbocycles. The van der Waals surface area contributed by atoms with Crippen molar-refractivity contribution < 1.29 is 0 Å². The SMILES string of the molecule is c1cncc(-n2c3cccc4c3c3c2cccc3n2nccc42)c1. The smallest absolute Gasteiger partial charge is 0.0753 e. The fraction of sp³-hybridized carbons (Fsp3) is 0. The van der Waals surface area contributed by atoms with Gasteiger partial charge in [0.2, 0.25) is 0 Å². The van der Waals surface area contributed by atoms with Crippen LogP contribution < -0.4 is 0 Å². The van der Waals surface area contributed by atoms with E-state index in [0.717, 1.165) is 16.7 Å². The van der Waals surface area contributed by atoms with Crippen molar-refractivity contribution in [2.24, 2.45) is 0 Å². The van der Waals surface area contributed by atoms with E-state index < -0.39 is 0 Å². The first kappa shape index (κ1) is 12.1. The van der Waals surface area contributed by atoms with Gasteiger partial charge in [-0.05, 0) is 36.4 Å². The third kappa shape index (κ3) is 1.30. The molecule has 0 aliphatic heterocycles. The van der Waals surface area contributed by atoms with Crippen molar-refractivity contribution in [2.45, 2.75) is 0 Å². The first-order valence-corrected chi connectivity index (χ1v) is 7.95. The van der Waals surface area contributed by atoms with Gasteiger partial charge in [0.1, 0.15) is 0 Å². The summed E-state index contributed by atoms with van der Waals surface area (Å²) in [6.45, 7) is 0. The topological polar surface area (TPSA) is 35.1 Å². The van der Waals surface area contributed by atoms with Crippen LogP contribution in [0.4, 0.5) is 0 Å². The van der Waals surface area contributed by atoms with Gasteiger partial charge in [0.25, 0.3) is 0 Å². The summed E-state index contributed by atoms with van der Waals surface area (Å²) in [7, 11) is 0. The van der Waals surface area contributed by atoms with E-state index in [9.17, 15) is 0 Å². The van der Waals surface area contributed by atoms with Crippen LogP contribution in [-0.4, -0.2) is 19.2 Å². The van der Waals surface area contributed by atoms with Gasteiger partial charge < -0.3 is 4.57 Å². The lowest BCUT2D eigenvalue weighted by atomic mass is 10.1. The molecule has 0 fully saturated rings. The number of hydrogen-bond donors (Lipinski definition) is 0. The number of pyridine rings is 2. The van der Waals surface area contributed by atoms with Gasteiger partial charge in [-0.3, -0.25) is 4.98 Å². The first-order valence-electron chi connectivity index (χ1n) is 7.95. The Labute approximate surface area is 136 Å². The first-order chi connectivity index (χ1) is 11.9. The van der Waals surface area contributed by atoms with Crippen LogP contribution in [0.25, 0.3) is 43.9 Å². The minimum Gasteiger partial charge on any atom is -0.308 e. The zero-order chi connectivity index (χ0) is 15.7. The van der Waals surface area contributed by atoms with E-state index in [1.165, 1.54) is 27.2 Å². The largest absolute Gasteiger partial charge is 0.308 e. The average molecular weight is 308 g/mol. The predicted molar refractivity (Wildman–Crippen MR) is 96.0 cm³/mol. The molecule has 4 aromatic heterocycles. The fourth-order valence-electron chi connectivity index (χ4n) is 3.94. The molecule has 0 amide bonds. The van der Waals surface area contributed by atoms with Crippen LogP contribution in [0.3, 0.4) is 0 Å². The van der Waals surface area contributed by atoms with Gasteiger partial charge in [-0.1, -0.05) is 18.2 Å². The summed E-state index contributed by atoms with van der Waals surface area (Å²) in [6, 6.07) is 19.0. The van der Waals surface area contributed by atoms with Crippen molar-refractivity contribution in [1.82, 2.24) is 19.2 Å². The van der Waals surface area contributed by atoms with E-state index in [2.05, 4.69) is 63.2 Å². The van der Waals surface area contributed by atoms with E-state index in [-0.39, 0.29) is 0 Å². The summed E-state index contributed by atoms with van der Waals surface area (Å²) in [5.74, 6) is 0. The highest BCUT2D eigenvalue weighted by molar-refractivity contribution is 6.26. The second-order valence-electron chi connectivity index (χ2n) is 6.05. The molecule has 0 spiro atoms. The van der Waals surface area contributed by atoms with Crippen molar-refractivity contribution in [3.05, 3.63) is 73.2 Å². The molecule has 4 heterocycles. The number of benzene rings is 2. The molecule has 0 aliphatic rings. The Morgan fingerprint density at radius 1 is 0.667 bits per heavy atom. The summed E-state index contributed by atoms with van der Waals surface area (Å²) >= 11 is 0. The molecule has 2 aromatic carbocycles. The maximum atomic E-state index is 4.54. The highest BCUT2D eigenvalue weighted by atomic mass is 15.2. The monoisotopic (exact) mass is 308 g/mol. The zero-order valence-corrected chi connectivity index (χ0v) is 12.7. The molecule has 24 heavy (non-hydrogen) atoms. The predicted octanol–water partition coefficient (Wildman–Crippen LogP) is 4.42. The highest BCUT2D eigenvalue weighted by Gasteiger charge is 2.19. The maximum Gasteiger partial charge on any atom is 0.0753 e. The van der Waals surface area contributed by atoms with E-state index in [1.54, 1.807) is 0 Å². The fourth-order valence-corrected chi connectivity index (χ4v) is 3.94. The lowest BCUT2D eigenvalue weighted by molar-refractivity contribution is 1.01. The molecular weight excluding hydrogens is 296 g/mol. The van der Waals surface area contributed by atoms with Gasteiger partial charge in [-0.25, -0.2) is 4.52 Å². The third-order valence-electron chi connectivity index (χ3n) is 4.85. The van der Waals surface area contributed by atoms with Gasteiger partial charge in [0, 0.05) is 22.4 Å². The number of hydrogen-bond acceptors (Lipinski definition) is 2. The minimum atomic E-state index is 1.08. The Morgan fingerprint density at radius 3 is 2.38 bits per heavy atom. The van der Waals surface area contributed by atoms with Crippen LogP contribution >= 0.6 is 0 Å². The Hall–Kier alpha value is -3.40. The Bertz CT molecular complexity index is 1260. The van der Waals surface area contributed by atoms with E-state index in [4.69, 9.17) is 0 Å². The standard InChI is InChI=1S/C20H12N4/c1-5-14-15-9-11-22-24(15)18-8-2-7-17-20(18)19(14)16(6-1)23(17)13-4-3-10-21-12-13/h1-12H. The van der Waals surface area contributed by atoms with Crippen molar-refractivity contribution in [3.8, 4) is 5.69 Å². The van der Waals surface area contributed by atoms with E-state index in [0.29, 0.717) is 0 Å². The van der Waals surface area contributed by atoms with Crippen LogP contribution in [0.15, 0.2) is 73.2 Å². The molecule has 0 unspecified atom stereocenters. The van der Waals surface area contributed by atoms with Gasteiger partial charge in [0.15, 0.2) is 0 Å². The molecule has 0 bridgehead atoms. The highest BCUT2D eigenvalue weighted by Crippen LogP contribution is 2.39. The molecule has 0 saturated heterocycles. The van der Waals surface area contributed by atoms with Crippen LogP contribution in [0, 0.1) is 0 Å². The summed E-state index contributed by atoms with van der Waals surface area (Å²) in [5.41, 5.74) is 5.74. The molecule has 112 valence electrons. The second-order valence-corrected chi connectivity index (χ2v) is 6.05. The molecule has 0 N–H and O–H groups in total. The van der Waals surface area contributed by atoms with Crippen LogP contribution in [0.1, 0.15) is 0 Å². The number of fused-ring (bicyclic) bond motifs is 3. The minimum absolute atomic E-state index is 1.08. The summed E-state index contributed by atoms with van der Waals surface area (Å²) < 4.78 is 4.33. The number of rotatable bonds is 1. The zero-order valence-electron chi connectivity index (χ0n) is 12.7. The average Bonchev–Trinajstić information content (AvgIpc) is 3.25. The van der Waals surface area contributed by atoms with Crippen molar-refractivity contribution in [3.63, 3.8) is 0 Å². The summed E-state index contributed by atoms with van der Waals surface area (Å²) in [6.07, 6.45) is 5.59. The molecule has 6 aromatic rings. The molecule has 0 saturated carbocycles. The maximum absolute atomic E-state index is 4.54. The van der Waals surface area contributed by atoms with Crippen molar-refractivity contribution in [2.75, 3.05) is 0 Å². The summed E-state index contributed by atoms with van der Waals surface area (Å²) in [5, 5.41) is 8.32. The molecule has 0 radical (unpaired) electrons. The van der Waals surface area contributed by atoms with E-state index >= 15 is 0 Å². The molecule has 4 nitrogen and oxygen atoms in total. The molecule has 4 heteroatoms. The van der Waals surface area contributed by atoms with Crippen LogP contribution in [0.2, 0.25) is 0 Å². The number of nitrogens with zero attached hydrogens (tertiary/aromatic N) is 4. The third-order valence-corrected chi connectivity index (χ3v) is 4.85. The Morgan fingerprint density at radius 2 is 1.50 bits per heavy atom. The van der Waals surface area contributed by atoms with Crippen LogP contribution in [-0.2, 0) is 0 Å². The Balaban J connectivity index is 2.00. The van der Waals surface area contributed by atoms with Gasteiger partial charge in [-0.2, -0.15) is 5.10 Å². The van der Waals surface area contributed by atoms with Crippen molar-refractivity contribution >= 4 is 38.2 Å². The quantitative estimate of drug-likeness (QED) is 0.422. The van der Waals surface area contributed by atoms with Gasteiger partial charge >= 0.3 is 0 Å². The normalized spacial score (nSPS) is 12.2. The summed E-state index contributed by atoms with van der Waals surface area (Å²) in [4.78, 5) is 4.31. The molecule has 0 atom stereocenters. The molecule has 6 rings (SSSR count). The van der Waals surface area contributed by atoms with Crippen molar-refractivity contribution in [1.29, 1.82) is 0 Å². The van der Waals surface area contributed by atoms with Crippen LogP contribution in [0.5, 0.6) is 0 Å². The van der Waals surface area contributed by atoms with Gasteiger partial charge in [0.05, 0.1) is 40.1 Å². The second kappa shape index (κ2) is 4.11. The Kier molecular flexibility index (Phi) is 2.07. The lowest BCUT2D eigenvalue weighted by Gasteiger charge is -2.06.